The normalized spacial score (nSPS) is 23.2. The predicted molar refractivity (Wildman–Crippen MR) is 71.2 cm³/mol. The Morgan fingerprint density at radius 2 is 2.28 bits per heavy atom. The second-order valence-electron chi connectivity index (χ2n) is 5.26. The third-order valence-electron chi connectivity index (χ3n) is 3.59. The molecule has 2 aromatic rings. The summed E-state index contributed by atoms with van der Waals surface area (Å²) in [6, 6.07) is 6.62. The van der Waals surface area contributed by atoms with Gasteiger partial charge in [0.15, 0.2) is 11.5 Å². The van der Waals surface area contributed by atoms with Crippen LogP contribution in [0.5, 0.6) is 0 Å². The minimum atomic E-state index is 0.435. The first-order valence-electron chi connectivity index (χ1n) is 6.53. The molecule has 1 aromatic carbocycles. The summed E-state index contributed by atoms with van der Waals surface area (Å²) in [6.45, 7) is 3.81. The summed E-state index contributed by atoms with van der Waals surface area (Å²) >= 11 is 0. The lowest BCUT2D eigenvalue weighted by molar-refractivity contribution is 0.256. The molecule has 1 saturated carbocycles. The monoisotopic (exact) mass is 245 g/mol. The van der Waals surface area contributed by atoms with E-state index in [2.05, 4.69) is 22.4 Å². The van der Waals surface area contributed by atoms with Crippen molar-refractivity contribution >= 4 is 11.1 Å². The number of fused-ring (bicyclic) bond motifs is 1. The second kappa shape index (κ2) is 4.71. The second-order valence-corrected chi connectivity index (χ2v) is 5.26. The van der Waals surface area contributed by atoms with Gasteiger partial charge in [0, 0.05) is 19.5 Å². The molecule has 0 aliphatic heterocycles. The third kappa shape index (κ3) is 2.40. The van der Waals surface area contributed by atoms with Gasteiger partial charge in [0.05, 0.1) is 0 Å². The van der Waals surface area contributed by atoms with Crippen LogP contribution in [0.2, 0.25) is 0 Å². The fourth-order valence-electron chi connectivity index (χ4n) is 2.57. The van der Waals surface area contributed by atoms with E-state index in [0.717, 1.165) is 48.8 Å². The first kappa shape index (κ1) is 11.7. The summed E-state index contributed by atoms with van der Waals surface area (Å²) in [5, 5.41) is 3.48. The molecule has 1 aliphatic rings. The minimum Gasteiger partial charge on any atom is -0.441 e. The number of nitrogens with two attached hydrogens (primary N) is 1. The Morgan fingerprint density at radius 1 is 1.44 bits per heavy atom. The summed E-state index contributed by atoms with van der Waals surface area (Å²) in [4.78, 5) is 4.29. The molecule has 0 radical (unpaired) electrons. The summed E-state index contributed by atoms with van der Waals surface area (Å²) in [6.07, 6.45) is 2.32. The summed E-state index contributed by atoms with van der Waals surface area (Å²) in [5.41, 5.74) is 8.81. The number of nitrogens with zero attached hydrogens (tertiary/aromatic N) is 1. The van der Waals surface area contributed by atoms with Gasteiger partial charge in [0.25, 0.3) is 0 Å². The van der Waals surface area contributed by atoms with Crippen molar-refractivity contribution in [3.63, 3.8) is 0 Å². The van der Waals surface area contributed by atoms with Crippen molar-refractivity contribution < 1.29 is 4.42 Å². The van der Waals surface area contributed by atoms with Crippen LogP contribution in [0.4, 0.5) is 0 Å². The summed E-state index contributed by atoms with van der Waals surface area (Å²) in [7, 11) is 0. The fourth-order valence-corrected chi connectivity index (χ4v) is 2.57. The third-order valence-corrected chi connectivity index (χ3v) is 3.59. The predicted octanol–water partition coefficient (Wildman–Crippen LogP) is 1.96. The smallest absolute Gasteiger partial charge is 0.192 e. The van der Waals surface area contributed by atoms with E-state index in [1.54, 1.807) is 0 Å². The average Bonchev–Trinajstić information content (AvgIpc) is 2.66. The van der Waals surface area contributed by atoms with Crippen LogP contribution in [0.25, 0.3) is 11.1 Å². The van der Waals surface area contributed by atoms with Crippen LogP contribution in [-0.2, 0) is 6.54 Å². The Morgan fingerprint density at radius 3 is 3.06 bits per heavy atom. The summed E-state index contributed by atoms with van der Waals surface area (Å²) < 4.78 is 5.53. The van der Waals surface area contributed by atoms with Gasteiger partial charge in [-0.25, -0.2) is 4.98 Å². The molecule has 1 heterocycles. The Hall–Kier alpha value is -1.39. The van der Waals surface area contributed by atoms with Crippen LogP contribution in [0.3, 0.4) is 0 Å². The molecular formula is C14H19N3O. The molecule has 1 aliphatic carbocycles. The molecular weight excluding hydrogens is 226 g/mol. The van der Waals surface area contributed by atoms with E-state index in [9.17, 15) is 0 Å². The van der Waals surface area contributed by atoms with Gasteiger partial charge >= 0.3 is 0 Å². The zero-order chi connectivity index (χ0) is 12.5. The maximum absolute atomic E-state index is 5.77. The zero-order valence-electron chi connectivity index (χ0n) is 10.6. The van der Waals surface area contributed by atoms with E-state index >= 15 is 0 Å². The lowest BCUT2D eigenvalue weighted by atomic mass is 9.81. The molecule has 3 rings (SSSR count). The topological polar surface area (TPSA) is 64.1 Å². The first-order chi connectivity index (χ1) is 8.70. The van der Waals surface area contributed by atoms with Gasteiger partial charge in [-0.15, -0.1) is 0 Å². The van der Waals surface area contributed by atoms with Crippen molar-refractivity contribution in [3.05, 3.63) is 29.7 Å². The minimum absolute atomic E-state index is 0.435. The molecule has 0 atom stereocenters. The maximum Gasteiger partial charge on any atom is 0.192 e. The van der Waals surface area contributed by atoms with Gasteiger partial charge in [-0.2, -0.15) is 0 Å². The molecule has 4 heteroatoms. The van der Waals surface area contributed by atoms with E-state index < -0.39 is 0 Å². The van der Waals surface area contributed by atoms with Crippen molar-refractivity contribution in [2.24, 2.45) is 11.7 Å². The number of nitrogens with one attached hydrogen (secondary N) is 1. The Bertz CT molecular complexity index is 543. The molecule has 4 nitrogen and oxygen atoms in total. The SMILES string of the molecule is Cc1nc2ccc(CNCC3CC(N)C3)cc2o1. The Balaban J connectivity index is 1.57. The van der Waals surface area contributed by atoms with Crippen molar-refractivity contribution in [1.82, 2.24) is 10.3 Å². The van der Waals surface area contributed by atoms with Gasteiger partial charge < -0.3 is 15.5 Å². The van der Waals surface area contributed by atoms with Crippen LogP contribution < -0.4 is 11.1 Å². The lowest BCUT2D eigenvalue weighted by Gasteiger charge is -2.32. The highest BCUT2D eigenvalue weighted by Crippen LogP contribution is 2.24. The number of aromatic nitrogens is 1. The van der Waals surface area contributed by atoms with Gasteiger partial charge in [-0.1, -0.05) is 6.07 Å². The highest BCUT2D eigenvalue weighted by Gasteiger charge is 2.24. The van der Waals surface area contributed by atoms with Gasteiger partial charge in [-0.3, -0.25) is 0 Å². The standard InChI is InChI=1S/C14H19N3O/c1-9-17-13-3-2-10(6-14(13)18-9)7-16-8-11-4-12(15)5-11/h2-3,6,11-12,16H,4-5,7-8,15H2,1H3. The fraction of sp³-hybridized carbons (Fsp3) is 0.500. The highest BCUT2D eigenvalue weighted by atomic mass is 16.3. The zero-order valence-corrected chi connectivity index (χ0v) is 10.6. The summed E-state index contributed by atoms with van der Waals surface area (Å²) in [5.74, 6) is 1.48. The molecule has 3 N–H and O–H groups in total. The number of hydrogen-bond donors (Lipinski definition) is 2. The van der Waals surface area contributed by atoms with E-state index in [0.29, 0.717) is 6.04 Å². The quantitative estimate of drug-likeness (QED) is 0.864. The maximum atomic E-state index is 5.77. The van der Waals surface area contributed by atoms with Gasteiger partial charge in [-0.05, 0) is 43.0 Å². The molecule has 0 amide bonds. The van der Waals surface area contributed by atoms with Crippen LogP contribution in [0.1, 0.15) is 24.3 Å². The lowest BCUT2D eigenvalue weighted by Crippen LogP contribution is -2.41. The molecule has 0 bridgehead atoms. The van der Waals surface area contributed by atoms with E-state index in [4.69, 9.17) is 10.2 Å². The number of oxazole rings is 1. The van der Waals surface area contributed by atoms with Crippen molar-refractivity contribution in [2.45, 2.75) is 32.4 Å². The van der Waals surface area contributed by atoms with Crippen LogP contribution >= 0.6 is 0 Å². The number of benzene rings is 1. The highest BCUT2D eigenvalue weighted by molar-refractivity contribution is 5.73. The first-order valence-corrected chi connectivity index (χ1v) is 6.53. The molecule has 0 unspecified atom stereocenters. The molecule has 1 fully saturated rings. The largest absolute Gasteiger partial charge is 0.441 e. The van der Waals surface area contributed by atoms with E-state index in [-0.39, 0.29) is 0 Å². The number of aryl methyl sites for hydroxylation is 1. The van der Waals surface area contributed by atoms with Gasteiger partial charge in [0.1, 0.15) is 5.52 Å². The molecule has 18 heavy (non-hydrogen) atoms. The Kier molecular flexibility index (Phi) is 3.06. The molecule has 0 saturated heterocycles. The van der Waals surface area contributed by atoms with Crippen molar-refractivity contribution in [2.75, 3.05) is 6.54 Å². The van der Waals surface area contributed by atoms with Crippen molar-refractivity contribution in [3.8, 4) is 0 Å². The average molecular weight is 245 g/mol. The molecule has 96 valence electrons. The number of rotatable bonds is 4. The molecule has 1 aromatic heterocycles. The van der Waals surface area contributed by atoms with Crippen LogP contribution in [0.15, 0.2) is 22.6 Å². The van der Waals surface area contributed by atoms with Crippen LogP contribution in [0, 0.1) is 12.8 Å². The van der Waals surface area contributed by atoms with E-state index in [1.807, 2.05) is 13.0 Å². The van der Waals surface area contributed by atoms with Gasteiger partial charge in [0.2, 0.25) is 0 Å². The Labute approximate surface area is 107 Å². The van der Waals surface area contributed by atoms with Crippen LogP contribution in [-0.4, -0.2) is 17.6 Å². The number of hydrogen-bond acceptors (Lipinski definition) is 4. The van der Waals surface area contributed by atoms with Crippen molar-refractivity contribution in [1.29, 1.82) is 0 Å². The molecule has 0 spiro atoms. The van der Waals surface area contributed by atoms with E-state index in [1.165, 1.54) is 5.56 Å².